The lowest BCUT2D eigenvalue weighted by Crippen LogP contribution is -2.39. The van der Waals surface area contributed by atoms with E-state index in [1.807, 2.05) is 31.4 Å². The number of hydrogen-bond acceptors (Lipinski definition) is 6. The first-order chi connectivity index (χ1) is 14.0. The highest BCUT2D eigenvalue weighted by Gasteiger charge is 2.30. The number of carbonyl (C=O) groups excluding carboxylic acids is 2. The van der Waals surface area contributed by atoms with Gasteiger partial charge >= 0.3 is 6.01 Å². The number of nitrogens with zero attached hydrogens (tertiary/aromatic N) is 4. The molecule has 1 N–H and O–H groups in total. The second kappa shape index (κ2) is 8.00. The van der Waals surface area contributed by atoms with Gasteiger partial charge in [-0.25, -0.2) is 9.97 Å². The van der Waals surface area contributed by atoms with Crippen LogP contribution in [0.2, 0.25) is 5.02 Å². The minimum atomic E-state index is -0.456. The van der Waals surface area contributed by atoms with E-state index in [9.17, 15) is 9.59 Å². The SMILES string of the molecule is Cn1ccc(COc2ncc(-c3cccc(C4CCC(=O)NC4=O)c3Cl)cn2)n1. The summed E-state index contributed by atoms with van der Waals surface area (Å²) < 4.78 is 7.25. The van der Waals surface area contributed by atoms with Crippen LogP contribution in [0, 0.1) is 0 Å². The Labute approximate surface area is 171 Å². The van der Waals surface area contributed by atoms with Crippen LogP contribution in [-0.2, 0) is 23.2 Å². The van der Waals surface area contributed by atoms with Gasteiger partial charge in [-0.15, -0.1) is 0 Å². The Morgan fingerprint density at radius 2 is 2.03 bits per heavy atom. The van der Waals surface area contributed by atoms with Gasteiger partial charge in [0.05, 0.1) is 16.6 Å². The second-order valence-corrected chi connectivity index (χ2v) is 7.11. The Balaban J connectivity index is 1.52. The summed E-state index contributed by atoms with van der Waals surface area (Å²) in [6, 6.07) is 7.55. The Hall–Kier alpha value is -3.26. The van der Waals surface area contributed by atoms with E-state index in [2.05, 4.69) is 20.4 Å². The maximum Gasteiger partial charge on any atom is 0.316 e. The first-order valence-corrected chi connectivity index (χ1v) is 9.45. The number of imide groups is 1. The summed E-state index contributed by atoms with van der Waals surface area (Å²) in [5.74, 6) is -1.04. The van der Waals surface area contributed by atoms with Crippen molar-refractivity contribution in [1.82, 2.24) is 25.1 Å². The summed E-state index contributed by atoms with van der Waals surface area (Å²) in [7, 11) is 1.83. The molecule has 0 bridgehead atoms. The predicted molar refractivity (Wildman–Crippen MR) is 105 cm³/mol. The number of amides is 2. The molecule has 1 unspecified atom stereocenters. The monoisotopic (exact) mass is 411 g/mol. The molecular formula is C20H18ClN5O3. The molecule has 0 radical (unpaired) electrons. The van der Waals surface area contributed by atoms with Gasteiger partial charge in [0.1, 0.15) is 6.61 Å². The van der Waals surface area contributed by atoms with E-state index in [4.69, 9.17) is 16.3 Å². The van der Waals surface area contributed by atoms with Crippen molar-refractivity contribution in [3.8, 4) is 17.1 Å². The fourth-order valence-electron chi connectivity index (χ4n) is 3.24. The van der Waals surface area contributed by atoms with Crippen molar-refractivity contribution in [1.29, 1.82) is 0 Å². The zero-order valence-electron chi connectivity index (χ0n) is 15.6. The molecule has 1 saturated heterocycles. The van der Waals surface area contributed by atoms with Crippen LogP contribution < -0.4 is 10.1 Å². The number of rotatable bonds is 5. The highest BCUT2D eigenvalue weighted by molar-refractivity contribution is 6.34. The van der Waals surface area contributed by atoms with Crippen molar-refractivity contribution in [2.75, 3.05) is 0 Å². The molecule has 29 heavy (non-hydrogen) atoms. The molecule has 4 rings (SSSR count). The summed E-state index contributed by atoms with van der Waals surface area (Å²) in [6.45, 7) is 0.270. The lowest BCUT2D eigenvalue weighted by atomic mass is 9.89. The third-order valence-electron chi connectivity index (χ3n) is 4.70. The fraction of sp³-hybridized carbons (Fsp3) is 0.250. The van der Waals surface area contributed by atoms with Crippen molar-refractivity contribution in [3.63, 3.8) is 0 Å². The Bertz CT molecular complexity index is 1060. The van der Waals surface area contributed by atoms with Gasteiger partial charge in [-0.3, -0.25) is 19.6 Å². The molecule has 148 valence electrons. The molecule has 0 saturated carbocycles. The molecule has 0 spiro atoms. The molecule has 1 aliphatic rings. The fourth-order valence-corrected chi connectivity index (χ4v) is 3.61. The van der Waals surface area contributed by atoms with Crippen molar-refractivity contribution in [2.24, 2.45) is 7.05 Å². The molecule has 3 heterocycles. The summed E-state index contributed by atoms with van der Waals surface area (Å²) in [5.41, 5.74) is 2.88. The standard InChI is InChI=1S/C20H18ClN5O3/c1-26-8-7-13(25-26)11-29-20-22-9-12(10-23-20)14-3-2-4-15(18(14)21)16-5-6-17(27)24-19(16)28/h2-4,7-10,16H,5-6,11H2,1H3,(H,24,27,28). The van der Waals surface area contributed by atoms with Gasteiger partial charge < -0.3 is 4.74 Å². The molecule has 2 amide bonds. The molecule has 1 aliphatic heterocycles. The number of hydrogen-bond donors (Lipinski definition) is 1. The molecule has 0 aliphatic carbocycles. The zero-order chi connectivity index (χ0) is 20.4. The molecule has 9 heteroatoms. The van der Waals surface area contributed by atoms with Crippen LogP contribution in [0.5, 0.6) is 6.01 Å². The largest absolute Gasteiger partial charge is 0.457 e. The smallest absolute Gasteiger partial charge is 0.316 e. The number of aryl methyl sites for hydroxylation is 1. The van der Waals surface area contributed by atoms with E-state index in [0.717, 1.165) is 5.69 Å². The van der Waals surface area contributed by atoms with E-state index in [1.165, 1.54) is 0 Å². The minimum absolute atomic E-state index is 0.233. The van der Waals surface area contributed by atoms with Crippen molar-refractivity contribution < 1.29 is 14.3 Å². The Morgan fingerprint density at radius 3 is 2.72 bits per heavy atom. The number of benzene rings is 1. The van der Waals surface area contributed by atoms with Gasteiger partial charge in [0.25, 0.3) is 0 Å². The van der Waals surface area contributed by atoms with Gasteiger partial charge in [0, 0.05) is 43.2 Å². The second-order valence-electron chi connectivity index (χ2n) is 6.74. The lowest BCUT2D eigenvalue weighted by Gasteiger charge is -2.22. The van der Waals surface area contributed by atoms with Gasteiger partial charge in [0.15, 0.2) is 0 Å². The van der Waals surface area contributed by atoms with Gasteiger partial charge in [-0.05, 0) is 18.1 Å². The van der Waals surface area contributed by atoms with E-state index in [0.29, 0.717) is 34.6 Å². The van der Waals surface area contributed by atoms with E-state index in [1.54, 1.807) is 23.1 Å². The molecular weight excluding hydrogens is 394 g/mol. The molecule has 3 aromatic rings. The van der Waals surface area contributed by atoms with Gasteiger partial charge in [-0.1, -0.05) is 29.8 Å². The van der Waals surface area contributed by atoms with Gasteiger partial charge in [0.2, 0.25) is 11.8 Å². The maximum absolute atomic E-state index is 12.2. The van der Waals surface area contributed by atoms with Gasteiger partial charge in [-0.2, -0.15) is 5.10 Å². The highest BCUT2D eigenvalue weighted by atomic mass is 35.5. The summed E-state index contributed by atoms with van der Waals surface area (Å²) >= 11 is 6.60. The van der Waals surface area contributed by atoms with Crippen LogP contribution in [-0.4, -0.2) is 31.6 Å². The lowest BCUT2D eigenvalue weighted by molar-refractivity contribution is -0.134. The van der Waals surface area contributed by atoms with Crippen LogP contribution in [0.15, 0.2) is 42.9 Å². The van der Waals surface area contributed by atoms with Crippen LogP contribution in [0.25, 0.3) is 11.1 Å². The number of piperidine rings is 1. The third-order valence-corrected chi connectivity index (χ3v) is 5.12. The van der Waals surface area contributed by atoms with E-state index >= 15 is 0 Å². The number of aromatic nitrogens is 4. The van der Waals surface area contributed by atoms with Crippen LogP contribution in [0.3, 0.4) is 0 Å². The first-order valence-electron chi connectivity index (χ1n) is 9.07. The zero-order valence-corrected chi connectivity index (χ0v) is 16.4. The summed E-state index contributed by atoms with van der Waals surface area (Å²) in [4.78, 5) is 32.1. The quantitative estimate of drug-likeness (QED) is 0.648. The normalized spacial score (nSPS) is 16.6. The molecule has 1 aromatic carbocycles. The summed E-state index contributed by atoms with van der Waals surface area (Å²) in [6.07, 6.45) is 5.81. The average molecular weight is 412 g/mol. The van der Waals surface area contributed by atoms with Crippen molar-refractivity contribution in [2.45, 2.75) is 25.4 Å². The van der Waals surface area contributed by atoms with Crippen LogP contribution in [0.4, 0.5) is 0 Å². The molecule has 8 nitrogen and oxygen atoms in total. The Morgan fingerprint density at radius 1 is 1.24 bits per heavy atom. The number of ether oxygens (including phenoxy) is 1. The molecule has 1 atom stereocenters. The number of nitrogens with one attached hydrogen (secondary N) is 1. The van der Waals surface area contributed by atoms with E-state index < -0.39 is 5.92 Å². The molecule has 2 aromatic heterocycles. The molecule has 1 fully saturated rings. The number of carbonyl (C=O) groups is 2. The predicted octanol–water partition coefficient (Wildman–Crippen LogP) is 2.63. The average Bonchev–Trinajstić information content (AvgIpc) is 3.13. The van der Waals surface area contributed by atoms with Crippen molar-refractivity contribution >= 4 is 23.4 Å². The third kappa shape index (κ3) is 4.12. The maximum atomic E-state index is 12.2. The number of halogens is 1. The van der Waals surface area contributed by atoms with Crippen LogP contribution in [0.1, 0.15) is 30.0 Å². The first kappa shape index (κ1) is 19.1. The van der Waals surface area contributed by atoms with E-state index in [-0.39, 0.29) is 24.4 Å². The van der Waals surface area contributed by atoms with Crippen molar-refractivity contribution in [3.05, 3.63) is 59.1 Å². The highest BCUT2D eigenvalue weighted by Crippen LogP contribution is 2.36. The van der Waals surface area contributed by atoms with Crippen LogP contribution >= 0.6 is 11.6 Å². The topological polar surface area (TPSA) is 99.0 Å². The summed E-state index contributed by atoms with van der Waals surface area (Å²) in [5, 5.41) is 7.05. The minimum Gasteiger partial charge on any atom is -0.457 e. The Kier molecular flexibility index (Phi) is 5.26.